The quantitative estimate of drug-likeness (QED) is 0.299. The van der Waals surface area contributed by atoms with Crippen molar-refractivity contribution in [2.24, 2.45) is 0 Å². The van der Waals surface area contributed by atoms with Gasteiger partial charge in [-0.2, -0.15) is 10.2 Å². The van der Waals surface area contributed by atoms with Gasteiger partial charge >= 0.3 is 5.69 Å². The fraction of sp³-hybridized carbons (Fsp3) is 0.333. The predicted octanol–water partition coefficient (Wildman–Crippen LogP) is 5.21. The van der Waals surface area contributed by atoms with E-state index in [2.05, 4.69) is 22.6 Å². The molecule has 1 aromatic carbocycles. The van der Waals surface area contributed by atoms with E-state index in [4.69, 9.17) is 4.98 Å². The van der Waals surface area contributed by atoms with E-state index >= 15 is 4.39 Å². The molecular formula is C33H34FN7O2. The van der Waals surface area contributed by atoms with Gasteiger partial charge in [-0.05, 0) is 69.5 Å². The van der Waals surface area contributed by atoms with Crippen LogP contribution in [0, 0.1) is 31.0 Å². The van der Waals surface area contributed by atoms with Crippen molar-refractivity contribution in [2.45, 2.75) is 59.5 Å². The lowest BCUT2D eigenvalue weighted by Gasteiger charge is -2.45. The van der Waals surface area contributed by atoms with Crippen LogP contribution in [0.2, 0.25) is 0 Å². The fourth-order valence-electron chi connectivity index (χ4n) is 5.97. The number of hydrogen-bond donors (Lipinski definition) is 0. The molecule has 0 N–H and O–H groups in total. The third-order valence-corrected chi connectivity index (χ3v) is 7.92. The predicted molar refractivity (Wildman–Crippen MR) is 165 cm³/mol. The molecule has 0 spiro atoms. The Labute approximate surface area is 249 Å². The zero-order valence-corrected chi connectivity index (χ0v) is 25.2. The van der Waals surface area contributed by atoms with Gasteiger partial charge < -0.3 is 9.80 Å². The zero-order valence-electron chi connectivity index (χ0n) is 25.2. The van der Waals surface area contributed by atoms with Crippen molar-refractivity contribution in [3.8, 4) is 23.0 Å². The van der Waals surface area contributed by atoms with Gasteiger partial charge in [0.2, 0.25) is 5.91 Å². The molecule has 1 fully saturated rings. The van der Waals surface area contributed by atoms with Gasteiger partial charge in [-0.15, -0.1) is 0 Å². The number of nitrogens with zero attached hydrogens (tertiary/aromatic N) is 7. The van der Waals surface area contributed by atoms with Gasteiger partial charge in [0.1, 0.15) is 17.7 Å². The van der Waals surface area contributed by atoms with Crippen LogP contribution in [0.15, 0.2) is 54.0 Å². The maximum atomic E-state index is 15.2. The Bertz CT molecular complexity index is 1860. The maximum Gasteiger partial charge on any atom is 0.355 e. The summed E-state index contributed by atoms with van der Waals surface area (Å²) < 4.78 is 16.7. The molecule has 4 heterocycles. The molecule has 2 atom stereocenters. The Morgan fingerprint density at radius 3 is 2.47 bits per heavy atom. The van der Waals surface area contributed by atoms with E-state index in [1.165, 1.54) is 16.7 Å². The lowest BCUT2D eigenvalue weighted by molar-refractivity contribution is -0.127. The lowest BCUT2D eigenvalue weighted by atomic mass is 10.0. The van der Waals surface area contributed by atoms with Crippen LogP contribution in [0.1, 0.15) is 56.0 Å². The van der Waals surface area contributed by atoms with Crippen LogP contribution < -0.4 is 10.6 Å². The second-order valence-electron chi connectivity index (χ2n) is 11.5. The molecule has 0 aliphatic carbocycles. The number of amides is 1. The van der Waals surface area contributed by atoms with Gasteiger partial charge in [0.15, 0.2) is 5.65 Å². The van der Waals surface area contributed by atoms with Crippen LogP contribution in [-0.2, 0) is 4.79 Å². The minimum atomic E-state index is -0.572. The van der Waals surface area contributed by atoms with E-state index in [9.17, 15) is 14.9 Å². The number of benzene rings is 1. The number of anilines is 1. The van der Waals surface area contributed by atoms with Gasteiger partial charge in [-0.3, -0.25) is 9.78 Å². The molecule has 43 heavy (non-hydrogen) atoms. The number of carbonyl (C=O) groups excluding carboxylic acids is 1. The number of fused-ring (bicyclic) bond motifs is 1. The van der Waals surface area contributed by atoms with Crippen molar-refractivity contribution >= 4 is 22.8 Å². The number of nitriles is 1. The third-order valence-electron chi connectivity index (χ3n) is 7.92. The monoisotopic (exact) mass is 579 g/mol. The highest BCUT2D eigenvalue weighted by Crippen LogP contribution is 2.35. The molecule has 1 amide bonds. The number of halogens is 1. The second kappa shape index (κ2) is 11.4. The molecule has 10 heteroatoms. The van der Waals surface area contributed by atoms with E-state index in [0.29, 0.717) is 35.7 Å². The summed E-state index contributed by atoms with van der Waals surface area (Å²) in [6.45, 7) is 16.0. The minimum absolute atomic E-state index is 0.0286. The molecule has 1 aliphatic rings. The number of pyridine rings is 2. The molecule has 3 aromatic heterocycles. The molecular weight excluding hydrogens is 545 g/mol. The van der Waals surface area contributed by atoms with E-state index in [-0.39, 0.29) is 46.4 Å². The van der Waals surface area contributed by atoms with Crippen molar-refractivity contribution in [2.75, 3.05) is 18.0 Å². The summed E-state index contributed by atoms with van der Waals surface area (Å²) in [6.07, 6.45) is 2.99. The molecule has 4 aromatic rings. The van der Waals surface area contributed by atoms with E-state index in [1.807, 2.05) is 52.5 Å². The average molecular weight is 580 g/mol. The van der Waals surface area contributed by atoms with Crippen molar-refractivity contribution in [1.29, 1.82) is 5.26 Å². The largest absolute Gasteiger partial charge is 0.355 e. The highest BCUT2D eigenvalue weighted by Gasteiger charge is 2.34. The topological polar surface area (TPSA) is 108 Å². The number of aryl methyl sites for hydroxylation is 2. The Balaban J connectivity index is 1.88. The summed E-state index contributed by atoms with van der Waals surface area (Å²) in [5.41, 5.74) is 2.96. The standard InChI is InChI=1S/C33H34FN7O2/c1-8-27(42)39-16-21(6)40(22(7)17-39)32-25-14-23(15-35)29(24-13-19(4)9-10-26(24)34)37-31(25)41(33(43)38-32)30-20(5)11-12-36-28(30)18(2)3/h8-14,18,21-22H,1,16-17H2,2-7H3. The molecule has 5 rings (SSSR count). The van der Waals surface area contributed by atoms with Gasteiger partial charge in [0.25, 0.3) is 0 Å². The van der Waals surface area contributed by atoms with Crippen molar-refractivity contribution < 1.29 is 9.18 Å². The van der Waals surface area contributed by atoms with Crippen molar-refractivity contribution in [3.05, 3.63) is 87.9 Å². The minimum Gasteiger partial charge on any atom is -0.347 e. The van der Waals surface area contributed by atoms with Gasteiger partial charge in [0.05, 0.1) is 28.0 Å². The Hall–Kier alpha value is -4.91. The highest BCUT2D eigenvalue weighted by atomic mass is 19.1. The van der Waals surface area contributed by atoms with Crippen LogP contribution in [0.25, 0.3) is 28.0 Å². The van der Waals surface area contributed by atoms with E-state index < -0.39 is 11.5 Å². The van der Waals surface area contributed by atoms with Gasteiger partial charge in [-0.25, -0.2) is 18.7 Å². The van der Waals surface area contributed by atoms with Crippen LogP contribution in [-0.4, -0.2) is 55.5 Å². The first-order valence-corrected chi connectivity index (χ1v) is 14.3. The van der Waals surface area contributed by atoms with Crippen molar-refractivity contribution in [3.63, 3.8) is 0 Å². The Morgan fingerprint density at radius 2 is 1.84 bits per heavy atom. The molecule has 0 bridgehead atoms. The summed E-state index contributed by atoms with van der Waals surface area (Å²) in [7, 11) is 0. The van der Waals surface area contributed by atoms with Crippen molar-refractivity contribution in [1.82, 2.24) is 24.4 Å². The molecule has 0 radical (unpaired) electrons. The third kappa shape index (κ3) is 5.16. The van der Waals surface area contributed by atoms with Gasteiger partial charge in [0, 0.05) is 36.9 Å². The summed E-state index contributed by atoms with van der Waals surface area (Å²) in [4.78, 5) is 44.3. The van der Waals surface area contributed by atoms with E-state index in [1.54, 1.807) is 29.3 Å². The normalized spacial score (nSPS) is 16.9. The van der Waals surface area contributed by atoms with Crippen LogP contribution in [0.4, 0.5) is 10.2 Å². The van der Waals surface area contributed by atoms with Gasteiger partial charge in [-0.1, -0.05) is 32.1 Å². The maximum absolute atomic E-state index is 15.2. The first kappa shape index (κ1) is 29.6. The summed E-state index contributed by atoms with van der Waals surface area (Å²) >= 11 is 0. The number of piperazine rings is 1. The smallest absolute Gasteiger partial charge is 0.347 e. The average Bonchev–Trinajstić information content (AvgIpc) is 2.97. The molecule has 2 unspecified atom stereocenters. The number of rotatable bonds is 5. The molecule has 1 saturated heterocycles. The molecule has 0 saturated carbocycles. The summed E-state index contributed by atoms with van der Waals surface area (Å²) in [5.74, 6) is -0.366. The number of hydrogen-bond acceptors (Lipinski definition) is 7. The summed E-state index contributed by atoms with van der Waals surface area (Å²) in [5, 5.41) is 10.7. The molecule has 9 nitrogen and oxygen atoms in total. The molecule has 1 aliphatic heterocycles. The number of carbonyl (C=O) groups is 1. The Kier molecular flexibility index (Phi) is 7.84. The summed E-state index contributed by atoms with van der Waals surface area (Å²) in [6, 6.07) is 9.85. The Morgan fingerprint density at radius 1 is 1.14 bits per heavy atom. The van der Waals surface area contributed by atoms with Crippen LogP contribution in [0.3, 0.4) is 0 Å². The molecule has 220 valence electrons. The number of aromatic nitrogens is 4. The fourth-order valence-corrected chi connectivity index (χ4v) is 5.97. The first-order chi connectivity index (χ1) is 20.5. The second-order valence-corrected chi connectivity index (χ2v) is 11.5. The van der Waals surface area contributed by atoms with Crippen LogP contribution >= 0.6 is 0 Å². The van der Waals surface area contributed by atoms with E-state index in [0.717, 1.165) is 11.1 Å². The zero-order chi connectivity index (χ0) is 31.2. The SMILES string of the molecule is C=CC(=O)N1CC(C)N(c2nc(=O)n(-c3c(C)ccnc3C(C)C)c3nc(-c4cc(C)ccc4F)c(C#N)cc23)C(C)C1. The van der Waals surface area contributed by atoms with Crippen LogP contribution in [0.5, 0.6) is 0 Å². The lowest BCUT2D eigenvalue weighted by Crippen LogP contribution is -2.58. The highest BCUT2D eigenvalue weighted by molar-refractivity contribution is 5.93. The first-order valence-electron chi connectivity index (χ1n) is 14.3.